The van der Waals surface area contributed by atoms with Gasteiger partial charge in [0.05, 0.1) is 10.5 Å². The number of carbonyl (C=O) groups excluding carboxylic acids is 3. The van der Waals surface area contributed by atoms with Crippen molar-refractivity contribution in [1.29, 1.82) is 0 Å². The summed E-state index contributed by atoms with van der Waals surface area (Å²) in [5.74, 6) is -2.23. The van der Waals surface area contributed by atoms with Crippen molar-refractivity contribution in [2.75, 3.05) is 19.0 Å². The van der Waals surface area contributed by atoms with Crippen LogP contribution >= 0.6 is 0 Å². The molecule has 25 heavy (non-hydrogen) atoms. The van der Waals surface area contributed by atoms with Gasteiger partial charge in [0.2, 0.25) is 0 Å². The number of urea groups is 1. The van der Waals surface area contributed by atoms with Gasteiger partial charge in [0.1, 0.15) is 5.69 Å². The molecule has 0 spiro atoms. The Morgan fingerprint density at radius 1 is 1.28 bits per heavy atom. The lowest BCUT2D eigenvalue weighted by molar-refractivity contribution is -0.384. The van der Waals surface area contributed by atoms with E-state index in [9.17, 15) is 24.5 Å². The third-order valence-electron chi connectivity index (χ3n) is 3.23. The Morgan fingerprint density at radius 3 is 2.32 bits per heavy atom. The Morgan fingerprint density at radius 2 is 1.88 bits per heavy atom. The van der Waals surface area contributed by atoms with Gasteiger partial charge in [-0.15, -0.1) is 0 Å². The lowest BCUT2D eigenvalue weighted by Crippen LogP contribution is -2.45. The Labute approximate surface area is 144 Å². The molecule has 0 bridgehead atoms. The molecule has 0 saturated heterocycles. The van der Waals surface area contributed by atoms with Gasteiger partial charge >= 0.3 is 12.0 Å². The second-order valence-electron chi connectivity index (χ2n) is 5.78. The number of nitrogens with two attached hydrogens (primary N) is 1. The van der Waals surface area contributed by atoms with Crippen LogP contribution in [0.5, 0.6) is 0 Å². The van der Waals surface area contributed by atoms with Crippen LogP contribution in [0.2, 0.25) is 0 Å². The maximum absolute atomic E-state index is 12.3. The summed E-state index contributed by atoms with van der Waals surface area (Å²) in [6.45, 7) is 3.21. The normalized spacial score (nSPS) is 11.6. The molecule has 0 fully saturated rings. The first-order valence-corrected chi connectivity index (χ1v) is 7.31. The monoisotopic (exact) mass is 352 g/mol. The molecule has 0 aliphatic rings. The van der Waals surface area contributed by atoms with Gasteiger partial charge in [-0.05, 0) is 18.1 Å². The fraction of sp³-hybridized carbons (Fsp3) is 0.400. The van der Waals surface area contributed by atoms with Crippen molar-refractivity contribution in [2.45, 2.75) is 20.0 Å². The number of nitrogens with one attached hydrogen (secondary N) is 1. The molecule has 1 unspecified atom stereocenters. The Kier molecular flexibility index (Phi) is 6.43. The summed E-state index contributed by atoms with van der Waals surface area (Å²) in [6.07, 6.45) is -1.27. The second kappa shape index (κ2) is 8.08. The first-order valence-electron chi connectivity index (χ1n) is 7.31. The van der Waals surface area contributed by atoms with E-state index >= 15 is 0 Å². The van der Waals surface area contributed by atoms with E-state index in [1.165, 1.54) is 17.0 Å². The molecule has 3 N–H and O–H groups in total. The standard InChI is InChI=1S/C15H20N4O6/c1-8(2)12(13(20)17-15(16)22)25-14(21)9-5-6-10(18(3)4)11(7-9)19(23)24/h5-8,12H,1-4H3,(H3,16,17,20,22). The van der Waals surface area contributed by atoms with Crippen LogP contribution in [-0.4, -0.2) is 43.0 Å². The van der Waals surface area contributed by atoms with Gasteiger partial charge in [0, 0.05) is 20.2 Å². The number of hydrogen-bond acceptors (Lipinski definition) is 7. The summed E-state index contributed by atoms with van der Waals surface area (Å²) in [5.41, 5.74) is 4.83. The van der Waals surface area contributed by atoms with Crippen LogP contribution in [0.1, 0.15) is 24.2 Å². The van der Waals surface area contributed by atoms with Gasteiger partial charge in [-0.25, -0.2) is 9.59 Å². The summed E-state index contributed by atoms with van der Waals surface area (Å²) in [7, 11) is 3.26. The zero-order valence-electron chi connectivity index (χ0n) is 14.3. The SMILES string of the molecule is CC(C)C(OC(=O)c1ccc(N(C)C)c([N+](=O)[O-])c1)C(=O)NC(N)=O. The third-order valence-corrected chi connectivity index (χ3v) is 3.23. The molecule has 1 aromatic carbocycles. The van der Waals surface area contributed by atoms with E-state index in [0.717, 1.165) is 6.07 Å². The predicted molar refractivity (Wildman–Crippen MR) is 89.2 cm³/mol. The summed E-state index contributed by atoms with van der Waals surface area (Å²) < 4.78 is 5.10. The average molecular weight is 352 g/mol. The smallest absolute Gasteiger partial charge is 0.339 e. The summed E-state index contributed by atoms with van der Waals surface area (Å²) in [5, 5.41) is 13.0. The van der Waals surface area contributed by atoms with Crippen molar-refractivity contribution in [3.05, 3.63) is 33.9 Å². The Balaban J connectivity index is 3.09. The van der Waals surface area contributed by atoms with Gasteiger partial charge in [0.25, 0.3) is 11.6 Å². The maximum Gasteiger partial charge on any atom is 0.339 e. The molecule has 0 heterocycles. The van der Waals surface area contributed by atoms with Gasteiger partial charge in [-0.3, -0.25) is 20.2 Å². The summed E-state index contributed by atoms with van der Waals surface area (Å²) in [4.78, 5) is 47.0. The average Bonchev–Trinajstić information content (AvgIpc) is 2.50. The second-order valence-corrected chi connectivity index (χ2v) is 5.78. The molecule has 0 aliphatic carbocycles. The van der Waals surface area contributed by atoms with Crippen molar-refractivity contribution in [2.24, 2.45) is 11.7 Å². The molecule has 0 saturated carbocycles. The van der Waals surface area contributed by atoms with E-state index < -0.39 is 34.9 Å². The topological polar surface area (TPSA) is 145 Å². The van der Waals surface area contributed by atoms with Crippen molar-refractivity contribution < 1.29 is 24.0 Å². The van der Waals surface area contributed by atoms with Crippen LogP contribution in [0.3, 0.4) is 0 Å². The molecule has 10 nitrogen and oxygen atoms in total. The summed E-state index contributed by atoms with van der Waals surface area (Å²) in [6, 6.07) is 2.76. The van der Waals surface area contributed by atoms with E-state index in [2.05, 4.69) is 0 Å². The molecule has 1 atom stereocenters. The lowest BCUT2D eigenvalue weighted by Gasteiger charge is -2.20. The molecule has 3 amide bonds. The number of carbonyl (C=O) groups is 3. The Hall–Kier alpha value is -3.17. The number of nitro groups is 1. The van der Waals surface area contributed by atoms with Crippen molar-refractivity contribution >= 4 is 29.3 Å². The number of nitrogens with zero attached hydrogens (tertiary/aromatic N) is 2. The quantitative estimate of drug-likeness (QED) is 0.442. The number of benzene rings is 1. The first-order chi connectivity index (χ1) is 11.5. The fourth-order valence-electron chi connectivity index (χ4n) is 2.04. The molecule has 136 valence electrons. The molecular formula is C15H20N4O6. The molecule has 1 aromatic rings. The van der Waals surface area contributed by atoms with Crippen molar-refractivity contribution in [3.8, 4) is 0 Å². The Bertz CT molecular complexity index is 701. The minimum Gasteiger partial charge on any atom is -0.448 e. The van der Waals surface area contributed by atoms with Gasteiger partial charge in [-0.2, -0.15) is 0 Å². The predicted octanol–water partition coefficient (Wildman–Crippen LogP) is 1.04. The number of ether oxygens (including phenoxy) is 1. The van der Waals surface area contributed by atoms with Crippen LogP contribution in [0, 0.1) is 16.0 Å². The number of anilines is 1. The van der Waals surface area contributed by atoms with Crippen LogP contribution in [0.4, 0.5) is 16.2 Å². The number of imide groups is 1. The number of hydrogen-bond donors (Lipinski definition) is 2. The van der Waals surface area contributed by atoms with Gasteiger partial charge in [0.15, 0.2) is 6.10 Å². The van der Waals surface area contributed by atoms with Crippen LogP contribution in [0.25, 0.3) is 0 Å². The minimum absolute atomic E-state index is 0.0881. The van der Waals surface area contributed by atoms with E-state index in [-0.39, 0.29) is 11.3 Å². The van der Waals surface area contributed by atoms with Crippen LogP contribution < -0.4 is 16.0 Å². The highest BCUT2D eigenvalue weighted by molar-refractivity contribution is 5.98. The van der Waals surface area contributed by atoms with Crippen molar-refractivity contribution in [1.82, 2.24) is 5.32 Å². The third kappa shape index (κ3) is 5.16. The fourth-order valence-corrected chi connectivity index (χ4v) is 2.04. The van der Waals surface area contributed by atoms with Crippen LogP contribution in [0.15, 0.2) is 18.2 Å². The molecule has 0 aliphatic heterocycles. The van der Waals surface area contributed by atoms with E-state index in [1.54, 1.807) is 27.9 Å². The maximum atomic E-state index is 12.3. The number of amides is 3. The molecule has 0 radical (unpaired) electrons. The first kappa shape index (κ1) is 19.9. The van der Waals surface area contributed by atoms with Gasteiger partial charge < -0.3 is 15.4 Å². The molecule has 1 rings (SSSR count). The highest BCUT2D eigenvalue weighted by Gasteiger charge is 2.29. The summed E-state index contributed by atoms with van der Waals surface area (Å²) >= 11 is 0. The number of primary amides is 1. The van der Waals surface area contributed by atoms with E-state index in [1.807, 2.05) is 5.32 Å². The number of rotatable bonds is 6. The van der Waals surface area contributed by atoms with Gasteiger partial charge in [-0.1, -0.05) is 13.8 Å². The molecule has 10 heteroatoms. The number of nitro benzene ring substituents is 1. The van der Waals surface area contributed by atoms with Crippen LogP contribution in [-0.2, 0) is 9.53 Å². The zero-order valence-corrected chi connectivity index (χ0v) is 14.3. The highest BCUT2D eigenvalue weighted by Crippen LogP contribution is 2.28. The van der Waals surface area contributed by atoms with E-state index in [0.29, 0.717) is 5.69 Å². The van der Waals surface area contributed by atoms with E-state index in [4.69, 9.17) is 10.5 Å². The zero-order chi connectivity index (χ0) is 19.3. The molecule has 0 aromatic heterocycles. The largest absolute Gasteiger partial charge is 0.448 e. The molecular weight excluding hydrogens is 332 g/mol. The van der Waals surface area contributed by atoms with Crippen molar-refractivity contribution in [3.63, 3.8) is 0 Å². The highest BCUT2D eigenvalue weighted by atomic mass is 16.6. The minimum atomic E-state index is -1.27. The lowest BCUT2D eigenvalue weighted by atomic mass is 10.1. The number of esters is 1.